The summed E-state index contributed by atoms with van der Waals surface area (Å²) in [5, 5.41) is 3.69. The Morgan fingerprint density at radius 2 is 1.63 bits per heavy atom. The molecule has 0 saturated carbocycles. The van der Waals surface area contributed by atoms with Crippen LogP contribution in [0.1, 0.15) is 65.1 Å². The minimum absolute atomic E-state index is 0.245. The van der Waals surface area contributed by atoms with Gasteiger partial charge in [-0.25, -0.2) is 0 Å². The van der Waals surface area contributed by atoms with Gasteiger partial charge in [-0.2, -0.15) is 0 Å². The molecule has 1 aromatic rings. The summed E-state index contributed by atoms with van der Waals surface area (Å²) in [6.07, 6.45) is 2.35. The molecule has 0 radical (unpaired) electrons. The van der Waals surface area contributed by atoms with Crippen LogP contribution >= 0.6 is 0 Å². The highest BCUT2D eigenvalue weighted by atomic mass is 14.9. The van der Waals surface area contributed by atoms with E-state index in [4.69, 9.17) is 0 Å². The third-order valence-corrected chi connectivity index (χ3v) is 3.42. The molecule has 0 heterocycles. The van der Waals surface area contributed by atoms with Crippen molar-refractivity contribution in [2.24, 2.45) is 11.3 Å². The lowest BCUT2D eigenvalue weighted by Crippen LogP contribution is -2.32. The van der Waals surface area contributed by atoms with Gasteiger partial charge in [0.1, 0.15) is 0 Å². The summed E-state index contributed by atoms with van der Waals surface area (Å²) >= 11 is 0. The first-order valence-electron chi connectivity index (χ1n) is 7.66. The van der Waals surface area contributed by atoms with E-state index < -0.39 is 0 Å². The molecule has 1 rings (SSSR count). The SMILES string of the molecule is CCCNC(c1ccc(CC(C)C)cc1)C(C)(C)C. The van der Waals surface area contributed by atoms with Gasteiger partial charge >= 0.3 is 0 Å². The molecule has 1 N–H and O–H groups in total. The van der Waals surface area contributed by atoms with E-state index in [9.17, 15) is 0 Å². The van der Waals surface area contributed by atoms with Gasteiger partial charge in [-0.3, -0.25) is 0 Å². The van der Waals surface area contributed by atoms with Gasteiger partial charge in [0.15, 0.2) is 0 Å². The Labute approximate surface area is 119 Å². The van der Waals surface area contributed by atoms with Crippen LogP contribution in [-0.2, 0) is 6.42 Å². The van der Waals surface area contributed by atoms with Crippen LogP contribution in [0.2, 0.25) is 0 Å². The van der Waals surface area contributed by atoms with Crippen LogP contribution in [0.5, 0.6) is 0 Å². The molecule has 19 heavy (non-hydrogen) atoms. The van der Waals surface area contributed by atoms with E-state index in [1.165, 1.54) is 24.0 Å². The van der Waals surface area contributed by atoms with Crippen LogP contribution in [0.3, 0.4) is 0 Å². The average Bonchev–Trinajstić information content (AvgIpc) is 2.29. The van der Waals surface area contributed by atoms with Crippen LogP contribution in [0.15, 0.2) is 24.3 Å². The zero-order valence-corrected chi connectivity index (χ0v) is 13.6. The molecule has 1 nitrogen and oxygen atoms in total. The third kappa shape index (κ3) is 5.36. The fourth-order valence-corrected chi connectivity index (χ4v) is 2.53. The normalized spacial score (nSPS) is 13.8. The smallest absolute Gasteiger partial charge is 0.0369 e. The zero-order chi connectivity index (χ0) is 14.5. The monoisotopic (exact) mass is 261 g/mol. The van der Waals surface area contributed by atoms with Crippen LogP contribution in [0.25, 0.3) is 0 Å². The Kier molecular flexibility index (Phi) is 6.06. The predicted octanol–water partition coefficient (Wildman–Crippen LogP) is 4.97. The molecule has 108 valence electrons. The highest BCUT2D eigenvalue weighted by Crippen LogP contribution is 2.32. The van der Waals surface area contributed by atoms with E-state index in [1.54, 1.807) is 0 Å². The van der Waals surface area contributed by atoms with E-state index >= 15 is 0 Å². The third-order valence-electron chi connectivity index (χ3n) is 3.42. The van der Waals surface area contributed by atoms with Crippen molar-refractivity contribution in [1.82, 2.24) is 5.32 Å². The molecule has 0 aliphatic heterocycles. The second kappa shape index (κ2) is 7.09. The minimum Gasteiger partial charge on any atom is -0.309 e. The van der Waals surface area contributed by atoms with Gasteiger partial charge in [0.05, 0.1) is 0 Å². The summed E-state index contributed by atoms with van der Waals surface area (Å²) in [6, 6.07) is 9.62. The van der Waals surface area contributed by atoms with Crippen LogP contribution in [0.4, 0.5) is 0 Å². The molecule has 0 aliphatic carbocycles. The number of benzene rings is 1. The fourth-order valence-electron chi connectivity index (χ4n) is 2.53. The van der Waals surface area contributed by atoms with Gasteiger partial charge in [0, 0.05) is 6.04 Å². The first kappa shape index (κ1) is 16.2. The molecule has 1 aromatic carbocycles. The molecule has 0 bridgehead atoms. The molecule has 0 amide bonds. The summed E-state index contributed by atoms with van der Waals surface area (Å²) in [4.78, 5) is 0. The van der Waals surface area contributed by atoms with Gasteiger partial charge in [-0.1, -0.05) is 65.8 Å². The van der Waals surface area contributed by atoms with Gasteiger partial charge in [-0.05, 0) is 41.8 Å². The predicted molar refractivity (Wildman–Crippen MR) is 85.5 cm³/mol. The van der Waals surface area contributed by atoms with Crippen molar-refractivity contribution in [3.8, 4) is 0 Å². The van der Waals surface area contributed by atoms with Gasteiger partial charge in [0.25, 0.3) is 0 Å². The Bertz CT molecular complexity index is 356. The number of nitrogens with one attached hydrogen (secondary N) is 1. The number of rotatable bonds is 6. The standard InChI is InChI=1S/C18H31N/c1-7-12-19-17(18(4,5)6)16-10-8-15(9-11-16)13-14(2)3/h8-11,14,17,19H,7,12-13H2,1-6H3. The van der Waals surface area contributed by atoms with Crippen molar-refractivity contribution in [2.75, 3.05) is 6.54 Å². The Balaban J connectivity index is 2.85. The molecule has 0 spiro atoms. The molecule has 0 aliphatic rings. The Morgan fingerprint density at radius 3 is 2.05 bits per heavy atom. The van der Waals surface area contributed by atoms with E-state index in [0.29, 0.717) is 6.04 Å². The molecule has 0 saturated heterocycles. The van der Waals surface area contributed by atoms with Crippen molar-refractivity contribution < 1.29 is 0 Å². The number of hydrogen-bond donors (Lipinski definition) is 1. The average molecular weight is 261 g/mol. The summed E-state index contributed by atoms with van der Waals surface area (Å²) < 4.78 is 0. The Hall–Kier alpha value is -0.820. The van der Waals surface area contributed by atoms with E-state index in [1.807, 2.05) is 0 Å². The lowest BCUT2D eigenvalue weighted by atomic mass is 9.82. The Morgan fingerprint density at radius 1 is 1.05 bits per heavy atom. The van der Waals surface area contributed by atoms with Crippen molar-refractivity contribution in [2.45, 2.75) is 60.4 Å². The molecule has 1 atom stereocenters. The summed E-state index contributed by atoms with van der Waals surface area (Å²) in [5.41, 5.74) is 3.10. The quantitative estimate of drug-likeness (QED) is 0.762. The second-order valence-electron chi connectivity index (χ2n) is 7.09. The molecule has 1 heteroatoms. The maximum Gasteiger partial charge on any atom is 0.0369 e. The topological polar surface area (TPSA) is 12.0 Å². The molecular formula is C18H31N. The second-order valence-corrected chi connectivity index (χ2v) is 7.09. The lowest BCUT2D eigenvalue weighted by Gasteiger charge is -2.32. The van der Waals surface area contributed by atoms with Crippen molar-refractivity contribution in [3.63, 3.8) is 0 Å². The lowest BCUT2D eigenvalue weighted by molar-refractivity contribution is 0.273. The minimum atomic E-state index is 0.245. The van der Waals surface area contributed by atoms with Gasteiger partial charge < -0.3 is 5.32 Å². The van der Waals surface area contributed by atoms with Crippen LogP contribution in [0, 0.1) is 11.3 Å². The van der Waals surface area contributed by atoms with Gasteiger partial charge in [0.2, 0.25) is 0 Å². The zero-order valence-electron chi connectivity index (χ0n) is 13.6. The molecule has 0 aromatic heterocycles. The van der Waals surface area contributed by atoms with Crippen molar-refractivity contribution in [1.29, 1.82) is 0 Å². The first-order chi connectivity index (χ1) is 8.84. The van der Waals surface area contributed by atoms with Crippen molar-refractivity contribution in [3.05, 3.63) is 35.4 Å². The first-order valence-corrected chi connectivity index (χ1v) is 7.66. The largest absolute Gasteiger partial charge is 0.309 e. The number of hydrogen-bond acceptors (Lipinski definition) is 1. The fraction of sp³-hybridized carbons (Fsp3) is 0.667. The summed E-state index contributed by atoms with van der Waals surface area (Å²) in [6.45, 7) is 14.8. The molecule has 1 unspecified atom stereocenters. The molecule has 0 fully saturated rings. The van der Waals surface area contributed by atoms with Crippen molar-refractivity contribution >= 4 is 0 Å². The molecular weight excluding hydrogens is 230 g/mol. The summed E-state index contributed by atoms with van der Waals surface area (Å²) in [5.74, 6) is 0.725. The highest BCUT2D eigenvalue weighted by Gasteiger charge is 2.25. The maximum atomic E-state index is 3.69. The van der Waals surface area contributed by atoms with E-state index in [2.05, 4.69) is 71.1 Å². The van der Waals surface area contributed by atoms with E-state index in [0.717, 1.165) is 12.5 Å². The van der Waals surface area contributed by atoms with Gasteiger partial charge in [-0.15, -0.1) is 0 Å². The van der Waals surface area contributed by atoms with Crippen LogP contribution in [-0.4, -0.2) is 6.54 Å². The highest BCUT2D eigenvalue weighted by molar-refractivity contribution is 5.26. The van der Waals surface area contributed by atoms with Crippen LogP contribution < -0.4 is 5.32 Å². The van der Waals surface area contributed by atoms with E-state index in [-0.39, 0.29) is 5.41 Å². The maximum absolute atomic E-state index is 3.69. The summed E-state index contributed by atoms with van der Waals surface area (Å²) in [7, 11) is 0.